The van der Waals surface area contributed by atoms with Gasteiger partial charge in [-0.2, -0.15) is 0 Å². The summed E-state index contributed by atoms with van der Waals surface area (Å²) in [6, 6.07) is 4.22. The number of thioether (sulfide) groups is 1. The Hall–Kier alpha value is -0.610. The molecule has 1 N–H and O–H groups in total. The normalized spacial score (nSPS) is 24.4. The molecule has 1 aliphatic heterocycles. The van der Waals surface area contributed by atoms with E-state index in [9.17, 15) is 0 Å². The highest BCUT2D eigenvalue weighted by atomic mass is 32.2. The standard InChI is InChI=1S/C12H16N2S2/c1-9-4-5-10(14-8-9)12(11(15)13-2)6-3-7-16-12/h4-5,8H,3,6-7H2,1-2H3,(H,13,15). The molecule has 1 aliphatic rings. The first-order chi connectivity index (χ1) is 7.69. The van der Waals surface area contributed by atoms with Gasteiger partial charge in [0.25, 0.3) is 0 Å². The average molecular weight is 252 g/mol. The summed E-state index contributed by atoms with van der Waals surface area (Å²) < 4.78 is -0.0855. The molecule has 0 bridgehead atoms. The molecule has 0 radical (unpaired) electrons. The van der Waals surface area contributed by atoms with Gasteiger partial charge in [0, 0.05) is 13.2 Å². The second-order valence-electron chi connectivity index (χ2n) is 4.08. The molecule has 0 saturated carbocycles. The maximum atomic E-state index is 5.47. The van der Waals surface area contributed by atoms with Crippen LogP contribution >= 0.6 is 24.0 Å². The Labute approximate surface area is 106 Å². The Kier molecular flexibility index (Phi) is 3.50. The van der Waals surface area contributed by atoms with Gasteiger partial charge in [0.05, 0.1) is 10.7 Å². The Morgan fingerprint density at radius 1 is 1.56 bits per heavy atom. The van der Waals surface area contributed by atoms with Gasteiger partial charge in [-0.3, -0.25) is 4.98 Å². The van der Waals surface area contributed by atoms with Gasteiger partial charge in [-0.05, 0) is 37.1 Å². The lowest BCUT2D eigenvalue weighted by Gasteiger charge is -2.28. The summed E-state index contributed by atoms with van der Waals surface area (Å²) in [5.74, 6) is 1.16. The molecule has 4 heteroatoms. The fraction of sp³-hybridized carbons (Fsp3) is 0.500. The van der Waals surface area contributed by atoms with E-state index in [4.69, 9.17) is 12.2 Å². The zero-order chi connectivity index (χ0) is 11.6. The van der Waals surface area contributed by atoms with Gasteiger partial charge >= 0.3 is 0 Å². The first-order valence-electron chi connectivity index (χ1n) is 5.48. The van der Waals surface area contributed by atoms with Crippen LogP contribution in [0, 0.1) is 6.92 Å². The molecular weight excluding hydrogens is 236 g/mol. The van der Waals surface area contributed by atoms with E-state index in [0.717, 1.165) is 22.9 Å². The molecule has 0 aliphatic carbocycles. The van der Waals surface area contributed by atoms with Crippen molar-refractivity contribution >= 4 is 29.0 Å². The Morgan fingerprint density at radius 2 is 2.38 bits per heavy atom. The lowest BCUT2D eigenvalue weighted by molar-refractivity contribution is 0.710. The van der Waals surface area contributed by atoms with Crippen LogP contribution in [-0.4, -0.2) is 22.8 Å². The van der Waals surface area contributed by atoms with Crippen LogP contribution in [0.3, 0.4) is 0 Å². The number of rotatable bonds is 2. The van der Waals surface area contributed by atoms with Crippen LogP contribution in [0.5, 0.6) is 0 Å². The largest absolute Gasteiger partial charge is 0.381 e. The molecule has 0 aromatic carbocycles. The number of hydrogen-bond acceptors (Lipinski definition) is 3. The van der Waals surface area contributed by atoms with Crippen LogP contribution in [0.2, 0.25) is 0 Å². The van der Waals surface area contributed by atoms with E-state index >= 15 is 0 Å². The third-order valence-corrected chi connectivity index (χ3v) is 5.23. The molecule has 1 atom stereocenters. The number of likely N-dealkylation sites (N-methyl/N-ethyl adjacent to an activating group) is 1. The lowest BCUT2D eigenvalue weighted by atomic mass is 9.97. The lowest BCUT2D eigenvalue weighted by Crippen LogP contribution is -2.37. The van der Waals surface area contributed by atoms with Crippen LogP contribution in [0.25, 0.3) is 0 Å². The maximum absolute atomic E-state index is 5.47. The average Bonchev–Trinajstić information content (AvgIpc) is 2.79. The van der Waals surface area contributed by atoms with Gasteiger partial charge in [0.15, 0.2) is 0 Å². The number of nitrogens with zero attached hydrogens (tertiary/aromatic N) is 1. The number of aryl methyl sites for hydroxylation is 1. The molecule has 0 amide bonds. The second-order valence-corrected chi connectivity index (χ2v) is 5.88. The van der Waals surface area contributed by atoms with Gasteiger partial charge in [-0.25, -0.2) is 0 Å². The molecule has 1 fully saturated rings. The molecule has 2 rings (SSSR count). The van der Waals surface area contributed by atoms with Crippen LogP contribution in [0.15, 0.2) is 18.3 Å². The van der Waals surface area contributed by atoms with Crippen molar-refractivity contribution in [2.45, 2.75) is 24.5 Å². The maximum Gasteiger partial charge on any atom is 0.108 e. The second kappa shape index (κ2) is 4.72. The summed E-state index contributed by atoms with van der Waals surface area (Å²) in [5.41, 5.74) is 2.29. The zero-order valence-electron chi connectivity index (χ0n) is 9.62. The number of nitrogens with one attached hydrogen (secondary N) is 1. The third-order valence-electron chi connectivity index (χ3n) is 2.94. The number of hydrogen-bond donors (Lipinski definition) is 1. The SMILES string of the molecule is CNC(=S)C1(c2ccc(C)cn2)CCCS1. The van der Waals surface area contributed by atoms with Gasteiger partial charge in [-0.1, -0.05) is 18.3 Å². The zero-order valence-corrected chi connectivity index (χ0v) is 11.3. The van der Waals surface area contributed by atoms with E-state index in [-0.39, 0.29) is 4.75 Å². The van der Waals surface area contributed by atoms with Crippen molar-refractivity contribution in [1.82, 2.24) is 10.3 Å². The first-order valence-corrected chi connectivity index (χ1v) is 6.88. The predicted molar refractivity (Wildman–Crippen MR) is 74.0 cm³/mol. The van der Waals surface area contributed by atoms with Crippen molar-refractivity contribution in [2.24, 2.45) is 0 Å². The monoisotopic (exact) mass is 252 g/mol. The first kappa shape index (κ1) is 11.9. The van der Waals surface area contributed by atoms with Gasteiger partial charge in [0.1, 0.15) is 4.75 Å². The number of aromatic nitrogens is 1. The molecule has 2 heterocycles. The minimum Gasteiger partial charge on any atom is -0.381 e. The van der Waals surface area contributed by atoms with Crippen molar-refractivity contribution in [3.63, 3.8) is 0 Å². The Morgan fingerprint density at radius 3 is 2.88 bits per heavy atom. The van der Waals surface area contributed by atoms with Gasteiger partial charge in [0.2, 0.25) is 0 Å². The minimum absolute atomic E-state index is 0.0855. The molecule has 86 valence electrons. The summed E-state index contributed by atoms with van der Waals surface area (Å²) in [4.78, 5) is 5.46. The molecule has 1 aromatic heterocycles. The fourth-order valence-electron chi connectivity index (χ4n) is 2.05. The molecule has 16 heavy (non-hydrogen) atoms. The fourth-order valence-corrected chi connectivity index (χ4v) is 3.86. The minimum atomic E-state index is -0.0855. The van der Waals surface area contributed by atoms with Crippen LogP contribution in [0.1, 0.15) is 24.1 Å². The summed E-state index contributed by atoms with van der Waals surface area (Å²) in [5, 5.41) is 3.13. The highest BCUT2D eigenvalue weighted by Crippen LogP contribution is 2.46. The van der Waals surface area contributed by atoms with E-state index in [1.54, 1.807) is 0 Å². The number of pyridine rings is 1. The highest BCUT2D eigenvalue weighted by Gasteiger charge is 2.41. The van der Waals surface area contributed by atoms with Crippen LogP contribution in [0.4, 0.5) is 0 Å². The highest BCUT2D eigenvalue weighted by molar-refractivity contribution is 8.02. The van der Waals surface area contributed by atoms with E-state index in [1.165, 1.54) is 12.0 Å². The van der Waals surface area contributed by atoms with Crippen molar-refractivity contribution in [3.8, 4) is 0 Å². The molecule has 1 aromatic rings. The molecular formula is C12H16N2S2. The quantitative estimate of drug-likeness (QED) is 0.818. The summed E-state index contributed by atoms with van der Waals surface area (Å²) in [6.45, 7) is 2.06. The molecule has 0 spiro atoms. The summed E-state index contributed by atoms with van der Waals surface area (Å²) >= 11 is 7.39. The van der Waals surface area contributed by atoms with Crippen LogP contribution < -0.4 is 5.32 Å². The van der Waals surface area contributed by atoms with Crippen molar-refractivity contribution < 1.29 is 0 Å². The molecule has 2 nitrogen and oxygen atoms in total. The van der Waals surface area contributed by atoms with E-state index in [0.29, 0.717) is 0 Å². The van der Waals surface area contributed by atoms with E-state index < -0.39 is 0 Å². The van der Waals surface area contributed by atoms with Gasteiger partial charge < -0.3 is 5.32 Å². The summed E-state index contributed by atoms with van der Waals surface area (Å²) in [6.07, 6.45) is 4.23. The topological polar surface area (TPSA) is 24.9 Å². The molecule has 1 unspecified atom stereocenters. The summed E-state index contributed by atoms with van der Waals surface area (Å²) in [7, 11) is 1.90. The third kappa shape index (κ3) is 1.96. The van der Waals surface area contributed by atoms with Crippen LogP contribution in [-0.2, 0) is 4.75 Å². The molecule has 1 saturated heterocycles. The van der Waals surface area contributed by atoms with Gasteiger partial charge in [-0.15, -0.1) is 11.8 Å². The van der Waals surface area contributed by atoms with E-state index in [2.05, 4.69) is 29.4 Å². The number of thiocarbonyl (C=S) groups is 1. The smallest absolute Gasteiger partial charge is 0.108 e. The Bertz CT molecular complexity index is 381. The predicted octanol–water partition coefficient (Wildman–Crippen LogP) is 2.66. The van der Waals surface area contributed by atoms with E-state index in [1.807, 2.05) is 25.0 Å². The van der Waals surface area contributed by atoms with Crippen molar-refractivity contribution in [3.05, 3.63) is 29.6 Å². The van der Waals surface area contributed by atoms with Crippen molar-refractivity contribution in [2.75, 3.05) is 12.8 Å². The Balaban J connectivity index is 2.39. The van der Waals surface area contributed by atoms with Crippen molar-refractivity contribution in [1.29, 1.82) is 0 Å².